The first-order valence-corrected chi connectivity index (χ1v) is 10.2. The Morgan fingerprint density at radius 2 is 2.03 bits per heavy atom. The lowest BCUT2D eigenvalue weighted by atomic mass is 10.2. The molecule has 0 saturated heterocycles. The molecule has 0 amide bonds. The van der Waals surface area contributed by atoms with Crippen molar-refractivity contribution < 1.29 is 4.39 Å². The van der Waals surface area contributed by atoms with Gasteiger partial charge in [-0.25, -0.2) is 14.4 Å². The topological polar surface area (TPSA) is 63.9 Å². The van der Waals surface area contributed by atoms with Crippen LogP contribution >= 0.6 is 11.3 Å². The molecule has 3 aromatic heterocycles. The molecule has 0 saturated carbocycles. The van der Waals surface area contributed by atoms with E-state index in [1.807, 2.05) is 32.5 Å². The fraction of sp³-hybridized carbons (Fsp3) is 0.182. The maximum Gasteiger partial charge on any atom is 0.266 e. The number of hydrogen-bond acceptors (Lipinski definition) is 6. The lowest BCUT2D eigenvalue weighted by Crippen LogP contribution is -2.23. The minimum absolute atomic E-state index is 0.220. The normalized spacial score (nSPS) is 11.8. The van der Waals surface area contributed by atoms with Crippen LogP contribution in [-0.4, -0.2) is 38.5 Å². The number of halogens is 1. The van der Waals surface area contributed by atoms with Gasteiger partial charge in [0, 0.05) is 18.1 Å². The Kier molecular flexibility index (Phi) is 5.52. The Bertz CT molecular complexity index is 1310. The maximum atomic E-state index is 13.8. The zero-order valence-electron chi connectivity index (χ0n) is 16.8. The van der Waals surface area contributed by atoms with Crippen LogP contribution in [0, 0.1) is 12.7 Å². The lowest BCUT2D eigenvalue weighted by Gasteiger charge is -2.13. The first-order valence-electron chi connectivity index (χ1n) is 9.34. The molecular weight excluding hydrogens is 401 g/mol. The maximum absolute atomic E-state index is 13.8. The molecule has 0 aliphatic rings. The fourth-order valence-electron chi connectivity index (χ4n) is 3.14. The van der Waals surface area contributed by atoms with Crippen molar-refractivity contribution in [3.05, 3.63) is 80.3 Å². The highest BCUT2D eigenvalue weighted by atomic mass is 32.1. The number of benzene rings is 1. The van der Waals surface area contributed by atoms with Gasteiger partial charge in [-0.2, -0.15) is 0 Å². The molecule has 0 aliphatic carbocycles. The molecule has 0 spiro atoms. The number of pyridine rings is 1. The Hall–Kier alpha value is -3.23. The molecule has 0 radical (unpaired) electrons. The van der Waals surface area contributed by atoms with Gasteiger partial charge in [0.1, 0.15) is 16.6 Å². The highest BCUT2D eigenvalue weighted by Crippen LogP contribution is 2.19. The Morgan fingerprint density at radius 1 is 1.20 bits per heavy atom. The number of aryl methyl sites for hydroxylation is 1. The fourth-order valence-corrected chi connectivity index (χ4v) is 4.02. The van der Waals surface area contributed by atoms with Crippen LogP contribution < -0.4 is 5.56 Å². The number of fused-ring (bicyclic) bond motifs is 1. The van der Waals surface area contributed by atoms with Crippen LogP contribution in [0.15, 0.2) is 46.7 Å². The molecule has 0 atom stereocenters. The number of nitrogens with zero attached hydrogens (tertiary/aromatic N) is 5. The molecule has 0 bridgehead atoms. The van der Waals surface area contributed by atoms with Crippen LogP contribution in [0.3, 0.4) is 0 Å². The lowest BCUT2D eigenvalue weighted by molar-refractivity contribution is 0.401. The van der Waals surface area contributed by atoms with Crippen molar-refractivity contribution in [1.82, 2.24) is 24.4 Å². The zero-order chi connectivity index (χ0) is 21.3. The molecule has 0 fully saturated rings. The van der Waals surface area contributed by atoms with Crippen LogP contribution in [0.4, 0.5) is 4.39 Å². The van der Waals surface area contributed by atoms with Gasteiger partial charge in [-0.1, -0.05) is 0 Å². The second-order valence-corrected chi connectivity index (χ2v) is 8.06. The van der Waals surface area contributed by atoms with E-state index in [0.29, 0.717) is 22.7 Å². The van der Waals surface area contributed by atoms with Crippen molar-refractivity contribution >= 4 is 34.4 Å². The molecule has 1 aromatic carbocycles. The number of rotatable bonds is 5. The predicted octanol–water partition coefficient (Wildman–Crippen LogP) is 3.92. The monoisotopic (exact) mass is 421 g/mol. The second-order valence-electron chi connectivity index (χ2n) is 7.12. The molecule has 6 nitrogen and oxygen atoms in total. The SMILES string of the molecule is Cc1ncccc1-n1c(C=Cc2csc(CN(C)C)n2)nc2ccc(F)cc2c1=O. The molecule has 0 N–H and O–H groups in total. The van der Waals surface area contributed by atoms with Gasteiger partial charge in [0.05, 0.1) is 28.0 Å². The summed E-state index contributed by atoms with van der Waals surface area (Å²) in [5, 5.41) is 3.18. The zero-order valence-corrected chi connectivity index (χ0v) is 17.7. The van der Waals surface area contributed by atoms with Crippen molar-refractivity contribution in [2.45, 2.75) is 13.5 Å². The minimum Gasteiger partial charge on any atom is -0.303 e. The van der Waals surface area contributed by atoms with Crippen LogP contribution in [0.5, 0.6) is 0 Å². The summed E-state index contributed by atoms with van der Waals surface area (Å²) in [6.07, 6.45) is 5.25. The van der Waals surface area contributed by atoms with Crippen LogP contribution in [0.25, 0.3) is 28.7 Å². The Labute approximate surface area is 177 Å². The number of thiazole rings is 1. The van der Waals surface area contributed by atoms with E-state index in [4.69, 9.17) is 0 Å². The van der Waals surface area contributed by atoms with Gasteiger partial charge in [-0.05, 0) is 63.5 Å². The number of aromatic nitrogens is 4. The van der Waals surface area contributed by atoms with Crippen molar-refractivity contribution in [2.75, 3.05) is 14.1 Å². The standard InChI is InChI=1S/C22H20FN5OS/c1-14-19(5-4-10-24-14)28-20(9-7-16-13-30-21(25-16)12-27(2)3)26-18-8-6-15(23)11-17(18)22(28)29/h4-11,13H,12H2,1-3H3. The summed E-state index contributed by atoms with van der Waals surface area (Å²) >= 11 is 1.58. The van der Waals surface area contributed by atoms with Crippen LogP contribution in [-0.2, 0) is 6.54 Å². The van der Waals surface area contributed by atoms with Gasteiger partial charge in [0.2, 0.25) is 0 Å². The van der Waals surface area contributed by atoms with Crippen LogP contribution in [0.2, 0.25) is 0 Å². The van der Waals surface area contributed by atoms with Crippen molar-refractivity contribution in [3.63, 3.8) is 0 Å². The van der Waals surface area contributed by atoms with Crippen LogP contribution in [0.1, 0.15) is 22.2 Å². The molecule has 4 rings (SSSR count). The van der Waals surface area contributed by atoms with E-state index >= 15 is 0 Å². The quantitative estimate of drug-likeness (QED) is 0.489. The second kappa shape index (κ2) is 8.25. The molecule has 0 aliphatic heterocycles. The average Bonchev–Trinajstić information content (AvgIpc) is 3.14. The van der Waals surface area contributed by atoms with Gasteiger partial charge in [0.15, 0.2) is 0 Å². The third-order valence-corrected chi connectivity index (χ3v) is 5.35. The summed E-state index contributed by atoms with van der Waals surface area (Å²) in [5.74, 6) is -0.0487. The van der Waals surface area contributed by atoms with Gasteiger partial charge in [0.25, 0.3) is 5.56 Å². The molecule has 4 aromatic rings. The van der Waals surface area contributed by atoms with Gasteiger partial charge in [-0.3, -0.25) is 14.3 Å². The summed E-state index contributed by atoms with van der Waals surface area (Å²) < 4.78 is 15.2. The number of hydrogen-bond donors (Lipinski definition) is 0. The molecule has 152 valence electrons. The molecule has 3 heterocycles. The van der Waals surface area contributed by atoms with E-state index in [2.05, 4.69) is 19.9 Å². The third-order valence-electron chi connectivity index (χ3n) is 4.50. The van der Waals surface area contributed by atoms with E-state index < -0.39 is 5.82 Å². The first-order chi connectivity index (χ1) is 14.4. The van der Waals surface area contributed by atoms with Crippen molar-refractivity contribution in [3.8, 4) is 5.69 Å². The van der Waals surface area contributed by atoms with E-state index in [-0.39, 0.29) is 10.9 Å². The summed E-state index contributed by atoms with van der Waals surface area (Å²) in [6, 6.07) is 7.59. The molecule has 0 unspecified atom stereocenters. The first kappa shape index (κ1) is 20.1. The smallest absolute Gasteiger partial charge is 0.266 e. The summed E-state index contributed by atoms with van der Waals surface area (Å²) in [5.41, 5.74) is 2.16. The van der Waals surface area contributed by atoms with Gasteiger partial charge < -0.3 is 4.90 Å². The highest BCUT2D eigenvalue weighted by molar-refractivity contribution is 7.09. The summed E-state index contributed by atoms with van der Waals surface area (Å²) in [4.78, 5) is 28.8. The minimum atomic E-state index is -0.477. The third kappa shape index (κ3) is 4.05. The summed E-state index contributed by atoms with van der Waals surface area (Å²) in [6.45, 7) is 2.58. The Balaban J connectivity index is 1.87. The van der Waals surface area contributed by atoms with E-state index in [1.165, 1.54) is 22.8 Å². The van der Waals surface area contributed by atoms with Crippen molar-refractivity contribution in [2.24, 2.45) is 0 Å². The van der Waals surface area contributed by atoms with E-state index in [0.717, 1.165) is 17.2 Å². The molecule has 8 heteroatoms. The van der Waals surface area contributed by atoms with Gasteiger partial charge >= 0.3 is 0 Å². The molecular formula is C22H20FN5OS. The Morgan fingerprint density at radius 3 is 2.80 bits per heavy atom. The summed E-state index contributed by atoms with van der Waals surface area (Å²) in [7, 11) is 3.99. The average molecular weight is 422 g/mol. The molecule has 30 heavy (non-hydrogen) atoms. The largest absolute Gasteiger partial charge is 0.303 e. The highest BCUT2D eigenvalue weighted by Gasteiger charge is 2.14. The van der Waals surface area contributed by atoms with Crippen molar-refractivity contribution in [1.29, 1.82) is 0 Å². The van der Waals surface area contributed by atoms with Gasteiger partial charge in [-0.15, -0.1) is 11.3 Å². The predicted molar refractivity (Wildman–Crippen MR) is 118 cm³/mol. The van der Waals surface area contributed by atoms with E-state index in [1.54, 1.807) is 35.7 Å². The van der Waals surface area contributed by atoms with E-state index in [9.17, 15) is 9.18 Å².